The fourth-order valence-electron chi connectivity index (χ4n) is 5.52. The van der Waals surface area contributed by atoms with Crippen LogP contribution in [0.25, 0.3) is 0 Å². The first-order valence-electron chi connectivity index (χ1n) is 13.3. The number of piperidine rings is 1. The molecule has 1 aromatic carbocycles. The first kappa shape index (κ1) is 26.4. The molecule has 38 heavy (non-hydrogen) atoms. The predicted molar refractivity (Wildman–Crippen MR) is 143 cm³/mol. The summed E-state index contributed by atoms with van der Waals surface area (Å²) in [4.78, 5) is 45.8. The smallest absolute Gasteiger partial charge is 0.273 e. The zero-order valence-corrected chi connectivity index (χ0v) is 22.4. The van der Waals surface area contributed by atoms with E-state index >= 15 is 0 Å². The average molecular weight is 539 g/mol. The normalized spacial score (nSPS) is 27.6. The Morgan fingerprint density at radius 1 is 1.11 bits per heavy atom. The van der Waals surface area contributed by atoms with Crippen molar-refractivity contribution in [1.29, 1.82) is 0 Å². The number of carbonyl (C=O) groups excluding carboxylic acids is 3. The van der Waals surface area contributed by atoms with E-state index in [4.69, 9.17) is 9.47 Å². The standard InChI is InChI=1S/C28H34N4O5S/c1-18-29-23(17-38-18)28(35)32-13-6-9-22-24(32)10-4-2-7-19-15-36-14-12-21(19)31-27(34)20-8-3-5-11-25(20)37-16-26(33)30-22/h2-5,8,11,17,19,21-22,24H,6-7,9-10,12-16H2,1H3,(H,30,33)(H,31,34)/b4-2+/t19-,21+,22+,24-/m0/s1. The van der Waals surface area contributed by atoms with Crippen LogP contribution in [-0.4, -0.2) is 72.1 Å². The summed E-state index contributed by atoms with van der Waals surface area (Å²) < 4.78 is 11.6. The number of hydrogen-bond acceptors (Lipinski definition) is 7. The molecule has 3 aliphatic heterocycles. The molecule has 1 aromatic heterocycles. The maximum atomic E-state index is 13.4. The lowest BCUT2D eigenvalue weighted by molar-refractivity contribution is -0.124. The van der Waals surface area contributed by atoms with Crippen molar-refractivity contribution >= 4 is 29.1 Å². The third kappa shape index (κ3) is 6.07. The molecule has 0 aliphatic carbocycles. The molecule has 3 aliphatic rings. The lowest BCUT2D eigenvalue weighted by Crippen LogP contribution is -2.57. The van der Waals surface area contributed by atoms with Gasteiger partial charge in [0, 0.05) is 36.5 Å². The topological polar surface area (TPSA) is 110 Å². The molecule has 202 valence electrons. The van der Waals surface area contributed by atoms with Gasteiger partial charge in [0.25, 0.3) is 17.7 Å². The largest absolute Gasteiger partial charge is 0.483 e. The number of fused-ring (bicyclic) bond motifs is 3. The van der Waals surface area contributed by atoms with E-state index < -0.39 is 0 Å². The molecule has 4 heterocycles. The van der Waals surface area contributed by atoms with Gasteiger partial charge in [-0.2, -0.15) is 0 Å². The number of thiazole rings is 1. The number of aryl methyl sites for hydroxylation is 1. The number of benzene rings is 1. The molecule has 0 spiro atoms. The van der Waals surface area contributed by atoms with Gasteiger partial charge in [0.2, 0.25) is 0 Å². The van der Waals surface area contributed by atoms with E-state index in [9.17, 15) is 14.4 Å². The SMILES string of the molecule is Cc1nc(C(=O)N2CCC[C@H]3NC(=O)COc4ccccc4C(=O)N[C@@H]4CCOC[C@@H]4C/C=C/C[C@@H]32)cs1. The van der Waals surface area contributed by atoms with E-state index in [1.807, 2.05) is 11.8 Å². The van der Waals surface area contributed by atoms with Gasteiger partial charge in [-0.25, -0.2) is 4.98 Å². The van der Waals surface area contributed by atoms with Crippen LogP contribution < -0.4 is 15.4 Å². The molecule has 10 heteroatoms. The molecule has 0 saturated carbocycles. The van der Waals surface area contributed by atoms with Crippen LogP contribution >= 0.6 is 11.3 Å². The molecular formula is C28H34N4O5S. The van der Waals surface area contributed by atoms with Gasteiger partial charge in [0.15, 0.2) is 6.61 Å². The molecule has 4 atom stereocenters. The highest BCUT2D eigenvalue weighted by Gasteiger charge is 2.36. The highest BCUT2D eigenvalue weighted by atomic mass is 32.1. The minimum atomic E-state index is -0.283. The highest BCUT2D eigenvalue weighted by Crippen LogP contribution is 2.26. The lowest BCUT2D eigenvalue weighted by atomic mass is 9.90. The van der Waals surface area contributed by atoms with E-state index in [1.54, 1.807) is 29.6 Å². The van der Waals surface area contributed by atoms with E-state index in [2.05, 4.69) is 27.8 Å². The zero-order chi connectivity index (χ0) is 26.5. The molecule has 2 fully saturated rings. The van der Waals surface area contributed by atoms with Gasteiger partial charge in [-0.1, -0.05) is 24.3 Å². The minimum absolute atomic E-state index is 0.0291. The van der Waals surface area contributed by atoms with Crippen LogP contribution in [0.1, 0.15) is 58.0 Å². The number of nitrogens with zero attached hydrogens (tertiary/aromatic N) is 2. The second kappa shape index (κ2) is 12.1. The summed E-state index contributed by atoms with van der Waals surface area (Å²) in [5.41, 5.74) is 0.854. The molecule has 9 nitrogen and oxygen atoms in total. The van der Waals surface area contributed by atoms with Crippen molar-refractivity contribution in [2.75, 3.05) is 26.4 Å². The van der Waals surface area contributed by atoms with E-state index in [1.165, 1.54) is 11.3 Å². The van der Waals surface area contributed by atoms with Crippen molar-refractivity contribution in [2.24, 2.45) is 5.92 Å². The quantitative estimate of drug-likeness (QED) is 0.540. The van der Waals surface area contributed by atoms with Crippen LogP contribution in [0.3, 0.4) is 0 Å². The summed E-state index contributed by atoms with van der Waals surface area (Å²) in [6.07, 6.45) is 7.83. The molecule has 2 N–H and O–H groups in total. The number of amides is 3. The number of nitrogens with one attached hydrogen (secondary N) is 2. The van der Waals surface area contributed by atoms with Crippen LogP contribution in [-0.2, 0) is 9.53 Å². The minimum Gasteiger partial charge on any atom is -0.483 e. The molecule has 0 unspecified atom stereocenters. The lowest BCUT2D eigenvalue weighted by Gasteiger charge is -2.41. The van der Waals surface area contributed by atoms with Crippen molar-refractivity contribution in [1.82, 2.24) is 20.5 Å². The van der Waals surface area contributed by atoms with Crippen LogP contribution in [0.15, 0.2) is 41.8 Å². The Hall–Kier alpha value is -3.24. The Morgan fingerprint density at radius 2 is 1.95 bits per heavy atom. The summed E-state index contributed by atoms with van der Waals surface area (Å²) in [6, 6.07) is 6.54. The van der Waals surface area contributed by atoms with Crippen molar-refractivity contribution in [3.8, 4) is 5.75 Å². The first-order chi connectivity index (χ1) is 18.5. The zero-order valence-electron chi connectivity index (χ0n) is 21.6. The van der Waals surface area contributed by atoms with Crippen LogP contribution in [0.2, 0.25) is 0 Å². The molecule has 2 saturated heterocycles. The van der Waals surface area contributed by atoms with Crippen molar-refractivity contribution in [3.05, 3.63) is 58.1 Å². The first-order valence-corrected chi connectivity index (χ1v) is 14.2. The molecule has 5 rings (SSSR count). The number of carbonyl (C=O) groups is 3. The van der Waals surface area contributed by atoms with Crippen LogP contribution in [0.5, 0.6) is 5.75 Å². The Bertz CT molecular complexity index is 1200. The molecule has 0 radical (unpaired) electrons. The van der Waals surface area contributed by atoms with Crippen LogP contribution in [0, 0.1) is 12.8 Å². The number of hydrogen-bond donors (Lipinski definition) is 2. The van der Waals surface area contributed by atoms with Gasteiger partial charge in [-0.15, -0.1) is 11.3 Å². The Morgan fingerprint density at radius 3 is 2.79 bits per heavy atom. The molecular weight excluding hydrogens is 504 g/mol. The average Bonchev–Trinajstić information content (AvgIpc) is 3.36. The fourth-order valence-corrected chi connectivity index (χ4v) is 6.11. The third-order valence-electron chi connectivity index (χ3n) is 7.49. The molecule has 2 aromatic rings. The summed E-state index contributed by atoms with van der Waals surface area (Å²) in [7, 11) is 0. The van der Waals surface area contributed by atoms with Gasteiger partial charge >= 0.3 is 0 Å². The summed E-state index contributed by atoms with van der Waals surface area (Å²) in [5, 5.41) is 8.91. The monoisotopic (exact) mass is 538 g/mol. The summed E-state index contributed by atoms with van der Waals surface area (Å²) in [6.45, 7) is 3.46. The second-order valence-electron chi connectivity index (χ2n) is 10.1. The van der Waals surface area contributed by atoms with Gasteiger partial charge in [-0.05, 0) is 51.2 Å². The highest BCUT2D eigenvalue weighted by molar-refractivity contribution is 7.09. The number of rotatable bonds is 1. The van der Waals surface area contributed by atoms with E-state index in [0.29, 0.717) is 43.2 Å². The maximum Gasteiger partial charge on any atom is 0.273 e. The van der Waals surface area contributed by atoms with E-state index in [-0.39, 0.29) is 48.4 Å². The third-order valence-corrected chi connectivity index (χ3v) is 8.26. The maximum absolute atomic E-state index is 13.4. The van der Waals surface area contributed by atoms with E-state index in [0.717, 1.165) is 30.7 Å². The van der Waals surface area contributed by atoms with Crippen molar-refractivity contribution < 1.29 is 23.9 Å². The number of aromatic nitrogens is 1. The Labute approximate surface area is 226 Å². The number of ether oxygens (including phenoxy) is 2. The molecule has 0 bridgehead atoms. The Balaban J connectivity index is 1.41. The fraction of sp³-hybridized carbons (Fsp3) is 0.500. The second-order valence-corrected chi connectivity index (χ2v) is 11.1. The van der Waals surface area contributed by atoms with Crippen LogP contribution in [0.4, 0.5) is 0 Å². The van der Waals surface area contributed by atoms with Gasteiger partial charge in [0.1, 0.15) is 11.4 Å². The van der Waals surface area contributed by atoms with Gasteiger partial charge < -0.3 is 25.0 Å². The predicted octanol–water partition coefficient (Wildman–Crippen LogP) is 3.10. The van der Waals surface area contributed by atoms with Gasteiger partial charge in [-0.3, -0.25) is 14.4 Å². The summed E-state index contributed by atoms with van der Waals surface area (Å²) in [5.74, 6) is -0.0915. The van der Waals surface area contributed by atoms with Gasteiger partial charge in [0.05, 0.1) is 23.2 Å². The number of likely N-dealkylation sites (tertiary alicyclic amines) is 1. The van der Waals surface area contributed by atoms with Crippen molar-refractivity contribution in [2.45, 2.75) is 57.2 Å². The summed E-state index contributed by atoms with van der Waals surface area (Å²) >= 11 is 1.46. The molecule has 3 amide bonds. The Kier molecular flexibility index (Phi) is 8.38. The van der Waals surface area contributed by atoms with Crippen molar-refractivity contribution in [3.63, 3.8) is 0 Å². The number of allylic oxidation sites excluding steroid dienone is 1. The number of para-hydroxylation sites is 1.